The lowest BCUT2D eigenvalue weighted by Crippen LogP contribution is -2.22. The number of carbonyl (C=O) groups excluding carboxylic acids is 1. The zero-order chi connectivity index (χ0) is 13.5. The maximum atomic E-state index is 11.7. The number of alkyl halides is 1. The van der Waals surface area contributed by atoms with Crippen LogP contribution < -0.4 is 5.32 Å². The molecule has 0 saturated carbocycles. The van der Waals surface area contributed by atoms with E-state index in [1.807, 2.05) is 24.3 Å². The van der Waals surface area contributed by atoms with Crippen molar-refractivity contribution in [1.29, 1.82) is 0 Å². The Hall–Kier alpha value is -1.55. The Morgan fingerprint density at radius 3 is 2.53 bits per heavy atom. The van der Waals surface area contributed by atoms with Crippen LogP contribution in [0.15, 0.2) is 47.1 Å². The normalized spacial score (nSPS) is 10.4. The van der Waals surface area contributed by atoms with E-state index in [-0.39, 0.29) is 5.91 Å². The van der Waals surface area contributed by atoms with Crippen molar-refractivity contribution in [2.45, 2.75) is 24.7 Å². The van der Waals surface area contributed by atoms with Crippen LogP contribution >= 0.6 is 15.9 Å². The average Bonchev–Trinajstić information content (AvgIpc) is 2.96. The van der Waals surface area contributed by atoms with Gasteiger partial charge < -0.3 is 9.73 Å². The first kappa shape index (κ1) is 13.9. The summed E-state index contributed by atoms with van der Waals surface area (Å²) in [4.78, 5) is 11.7. The molecule has 0 aliphatic rings. The molecule has 0 atom stereocenters. The van der Waals surface area contributed by atoms with E-state index < -0.39 is 0 Å². The van der Waals surface area contributed by atoms with Crippen LogP contribution in [0.3, 0.4) is 0 Å². The molecule has 0 radical (unpaired) electrons. The molecule has 0 bridgehead atoms. The predicted molar refractivity (Wildman–Crippen MR) is 77.9 cm³/mol. The zero-order valence-corrected chi connectivity index (χ0v) is 12.2. The van der Waals surface area contributed by atoms with Crippen molar-refractivity contribution in [3.63, 3.8) is 0 Å². The minimum atomic E-state index is 0.0426. The minimum Gasteiger partial charge on any atom is -0.469 e. The Morgan fingerprint density at radius 2 is 1.89 bits per heavy atom. The van der Waals surface area contributed by atoms with E-state index in [2.05, 4.69) is 33.4 Å². The van der Waals surface area contributed by atoms with Gasteiger partial charge in [0.05, 0.1) is 6.26 Å². The number of hydrogen-bond donors (Lipinski definition) is 1. The van der Waals surface area contributed by atoms with Crippen LogP contribution in [0, 0.1) is 0 Å². The summed E-state index contributed by atoms with van der Waals surface area (Å²) in [5.74, 6) is 0.887. The highest BCUT2D eigenvalue weighted by molar-refractivity contribution is 9.08. The van der Waals surface area contributed by atoms with Gasteiger partial charge in [-0.05, 0) is 23.3 Å². The van der Waals surface area contributed by atoms with E-state index >= 15 is 0 Å². The van der Waals surface area contributed by atoms with Crippen molar-refractivity contribution in [3.05, 3.63) is 59.5 Å². The van der Waals surface area contributed by atoms with Gasteiger partial charge in [0.1, 0.15) is 5.76 Å². The highest BCUT2D eigenvalue weighted by Gasteiger charge is 2.03. The topological polar surface area (TPSA) is 42.2 Å². The fourth-order valence-corrected chi connectivity index (χ4v) is 2.10. The standard InChI is InChI=1S/C15H16BrNO2/c16-10-12-3-5-13(6-4-12)11-17-15(18)8-7-14-2-1-9-19-14/h1-6,9H,7-8,10-11H2,(H,17,18). The van der Waals surface area contributed by atoms with Crippen molar-refractivity contribution in [1.82, 2.24) is 5.32 Å². The largest absolute Gasteiger partial charge is 0.469 e. The monoisotopic (exact) mass is 321 g/mol. The van der Waals surface area contributed by atoms with Gasteiger partial charge in [-0.15, -0.1) is 0 Å². The smallest absolute Gasteiger partial charge is 0.220 e. The zero-order valence-electron chi connectivity index (χ0n) is 10.6. The van der Waals surface area contributed by atoms with Gasteiger partial charge in [-0.2, -0.15) is 0 Å². The Bertz CT molecular complexity index is 505. The third-order valence-corrected chi connectivity index (χ3v) is 3.49. The van der Waals surface area contributed by atoms with E-state index in [9.17, 15) is 4.79 Å². The van der Waals surface area contributed by atoms with Crippen molar-refractivity contribution in [3.8, 4) is 0 Å². The Balaban J connectivity index is 1.73. The Labute approximate surface area is 121 Å². The summed E-state index contributed by atoms with van der Waals surface area (Å²) in [5, 5.41) is 3.76. The van der Waals surface area contributed by atoms with Crippen LogP contribution in [0.25, 0.3) is 0 Å². The highest BCUT2D eigenvalue weighted by atomic mass is 79.9. The molecule has 0 aliphatic heterocycles. The number of carbonyl (C=O) groups is 1. The summed E-state index contributed by atoms with van der Waals surface area (Å²) in [5.41, 5.74) is 2.34. The Kier molecular flexibility index (Phi) is 5.21. The first-order chi connectivity index (χ1) is 9.28. The summed E-state index contributed by atoms with van der Waals surface area (Å²) in [6.07, 6.45) is 2.72. The number of halogens is 1. The second-order valence-corrected chi connectivity index (χ2v) is 4.87. The van der Waals surface area contributed by atoms with Gasteiger partial charge in [-0.3, -0.25) is 4.79 Å². The van der Waals surface area contributed by atoms with Crippen LogP contribution in [0.4, 0.5) is 0 Å². The van der Waals surface area contributed by atoms with Crippen molar-refractivity contribution >= 4 is 21.8 Å². The molecular weight excluding hydrogens is 306 g/mol. The van der Waals surface area contributed by atoms with Gasteiger partial charge in [-0.25, -0.2) is 0 Å². The van der Waals surface area contributed by atoms with E-state index in [0.717, 1.165) is 16.7 Å². The van der Waals surface area contributed by atoms with Gasteiger partial charge in [0.2, 0.25) is 5.91 Å². The molecular formula is C15H16BrNO2. The lowest BCUT2D eigenvalue weighted by Gasteiger charge is -2.05. The van der Waals surface area contributed by atoms with Crippen LogP contribution in [0.5, 0.6) is 0 Å². The second kappa shape index (κ2) is 7.14. The molecule has 3 nitrogen and oxygen atoms in total. The van der Waals surface area contributed by atoms with E-state index in [4.69, 9.17) is 4.42 Å². The highest BCUT2D eigenvalue weighted by Crippen LogP contribution is 2.08. The number of furan rings is 1. The molecule has 2 aromatic rings. The van der Waals surface area contributed by atoms with Crippen molar-refractivity contribution in [2.24, 2.45) is 0 Å². The molecule has 0 aliphatic carbocycles. The molecule has 0 fully saturated rings. The van der Waals surface area contributed by atoms with Crippen molar-refractivity contribution in [2.75, 3.05) is 0 Å². The quantitative estimate of drug-likeness (QED) is 0.828. The second-order valence-electron chi connectivity index (χ2n) is 4.31. The summed E-state index contributed by atoms with van der Waals surface area (Å²) in [7, 11) is 0. The maximum Gasteiger partial charge on any atom is 0.220 e. The molecule has 1 aromatic carbocycles. The minimum absolute atomic E-state index is 0.0426. The van der Waals surface area contributed by atoms with E-state index in [1.54, 1.807) is 6.26 Å². The van der Waals surface area contributed by atoms with Crippen LogP contribution in [-0.2, 0) is 23.1 Å². The molecule has 0 saturated heterocycles. The van der Waals surface area contributed by atoms with Crippen molar-refractivity contribution < 1.29 is 9.21 Å². The summed E-state index contributed by atoms with van der Waals surface area (Å²) in [6, 6.07) is 11.9. The fourth-order valence-electron chi connectivity index (χ4n) is 1.73. The van der Waals surface area contributed by atoms with Gasteiger partial charge >= 0.3 is 0 Å². The van der Waals surface area contributed by atoms with Gasteiger partial charge in [0.15, 0.2) is 0 Å². The number of rotatable bonds is 6. The maximum absolute atomic E-state index is 11.7. The number of benzene rings is 1. The van der Waals surface area contributed by atoms with Gasteiger partial charge in [-0.1, -0.05) is 40.2 Å². The molecule has 100 valence electrons. The molecule has 0 unspecified atom stereocenters. The van der Waals surface area contributed by atoms with Crippen LogP contribution in [-0.4, -0.2) is 5.91 Å². The SMILES string of the molecule is O=C(CCc1ccco1)NCc1ccc(CBr)cc1. The summed E-state index contributed by atoms with van der Waals surface area (Å²) < 4.78 is 5.19. The van der Waals surface area contributed by atoms with Gasteiger partial charge in [0, 0.05) is 24.7 Å². The van der Waals surface area contributed by atoms with E-state index in [1.165, 1.54) is 5.56 Å². The molecule has 4 heteroatoms. The lowest BCUT2D eigenvalue weighted by atomic mass is 10.1. The Morgan fingerprint density at radius 1 is 1.16 bits per heavy atom. The summed E-state index contributed by atoms with van der Waals surface area (Å²) in [6.45, 7) is 0.569. The molecule has 2 rings (SSSR count). The molecule has 1 heterocycles. The molecule has 1 aromatic heterocycles. The third-order valence-electron chi connectivity index (χ3n) is 2.85. The molecule has 1 amide bonds. The number of hydrogen-bond acceptors (Lipinski definition) is 2. The number of nitrogens with one attached hydrogen (secondary N) is 1. The number of amides is 1. The lowest BCUT2D eigenvalue weighted by molar-refractivity contribution is -0.121. The third kappa shape index (κ3) is 4.56. The molecule has 19 heavy (non-hydrogen) atoms. The van der Waals surface area contributed by atoms with Crippen LogP contribution in [0.2, 0.25) is 0 Å². The van der Waals surface area contributed by atoms with E-state index in [0.29, 0.717) is 19.4 Å². The molecule has 0 spiro atoms. The number of aryl methyl sites for hydroxylation is 1. The first-order valence-electron chi connectivity index (χ1n) is 6.21. The first-order valence-corrected chi connectivity index (χ1v) is 7.33. The fraction of sp³-hybridized carbons (Fsp3) is 0.267. The predicted octanol–water partition coefficient (Wildman–Crippen LogP) is 3.42. The average molecular weight is 322 g/mol. The van der Waals surface area contributed by atoms with Crippen LogP contribution in [0.1, 0.15) is 23.3 Å². The molecule has 1 N–H and O–H groups in total. The summed E-state index contributed by atoms with van der Waals surface area (Å²) >= 11 is 3.41. The van der Waals surface area contributed by atoms with Gasteiger partial charge in [0.25, 0.3) is 0 Å².